The summed E-state index contributed by atoms with van der Waals surface area (Å²) in [6.45, 7) is 10.7. The van der Waals surface area contributed by atoms with Crippen LogP contribution in [0.3, 0.4) is 0 Å². The smallest absolute Gasteiger partial charge is 0.161 e. The van der Waals surface area contributed by atoms with Gasteiger partial charge in [-0.25, -0.2) is 0 Å². The molecule has 1 N–H and O–H groups in total. The normalized spacial score (nSPS) is 26.7. The Morgan fingerprint density at radius 1 is 0.967 bits per heavy atom. The van der Waals surface area contributed by atoms with Crippen LogP contribution in [0.15, 0.2) is 18.2 Å². The lowest BCUT2D eigenvalue weighted by atomic mass is 10.1. The lowest BCUT2D eigenvalue weighted by molar-refractivity contribution is -0.00618. The van der Waals surface area contributed by atoms with Gasteiger partial charge in [-0.3, -0.25) is 14.7 Å². The van der Waals surface area contributed by atoms with E-state index in [1.54, 1.807) is 7.11 Å². The third-order valence-electron chi connectivity index (χ3n) is 6.25. The predicted octanol–water partition coefficient (Wildman–Crippen LogP) is 0.284. The molecule has 0 amide bonds. The first-order valence-electron chi connectivity index (χ1n) is 11.0. The maximum absolute atomic E-state index is 10.6. The van der Waals surface area contributed by atoms with Gasteiger partial charge in [0.15, 0.2) is 11.5 Å². The summed E-state index contributed by atoms with van der Waals surface area (Å²) in [6.07, 6.45) is -0.312. The van der Waals surface area contributed by atoms with Gasteiger partial charge >= 0.3 is 0 Å². The largest absolute Gasteiger partial charge is 0.493 e. The number of β-amino-alcohol motifs (C(OH)–C–C–N with tert-alkyl or cyclic N) is 1. The number of hydrogen-bond acceptors (Lipinski definition) is 8. The van der Waals surface area contributed by atoms with E-state index in [-0.39, 0.29) is 12.1 Å². The van der Waals surface area contributed by atoms with Crippen molar-refractivity contribution in [3.05, 3.63) is 23.8 Å². The van der Waals surface area contributed by atoms with Gasteiger partial charge in [-0.05, 0) is 17.7 Å². The van der Waals surface area contributed by atoms with Crippen molar-refractivity contribution in [3.63, 3.8) is 0 Å². The summed E-state index contributed by atoms with van der Waals surface area (Å²) in [4.78, 5) is 7.03. The number of likely N-dealkylation sites (tertiary alicyclic amines) is 1. The van der Waals surface area contributed by atoms with Crippen molar-refractivity contribution in [2.24, 2.45) is 0 Å². The molecule has 3 aliphatic heterocycles. The maximum Gasteiger partial charge on any atom is 0.161 e. The summed E-state index contributed by atoms with van der Waals surface area (Å²) in [5.74, 6) is 1.54. The number of morpholine rings is 2. The van der Waals surface area contributed by atoms with Crippen molar-refractivity contribution in [2.45, 2.75) is 18.7 Å². The Hall–Kier alpha value is -1.42. The number of benzene rings is 1. The van der Waals surface area contributed by atoms with E-state index in [0.717, 1.165) is 83.7 Å². The van der Waals surface area contributed by atoms with Crippen LogP contribution in [0.4, 0.5) is 0 Å². The molecule has 0 aliphatic carbocycles. The zero-order valence-corrected chi connectivity index (χ0v) is 18.0. The Kier molecular flexibility index (Phi) is 7.81. The molecular weight excluding hydrogens is 386 g/mol. The summed E-state index contributed by atoms with van der Waals surface area (Å²) in [5.41, 5.74) is 1.17. The lowest BCUT2D eigenvalue weighted by Crippen LogP contribution is -2.48. The van der Waals surface area contributed by atoms with Crippen LogP contribution in [-0.4, -0.2) is 118 Å². The fraction of sp³-hybridized carbons (Fsp3) is 0.727. The molecule has 0 spiro atoms. The molecule has 0 saturated carbocycles. The van der Waals surface area contributed by atoms with Crippen molar-refractivity contribution in [1.82, 2.24) is 14.7 Å². The molecule has 30 heavy (non-hydrogen) atoms. The van der Waals surface area contributed by atoms with Crippen LogP contribution >= 0.6 is 0 Å². The van der Waals surface area contributed by atoms with Gasteiger partial charge in [0.2, 0.25) is 0 Å². The second kappa shape index (κ2) is 10.7. The van der Waals surface area contributed by atoms with Crippen LogP contribution in [0.5, 0.6) is 11.5 Å². The first-order valence-corrected chi connectivity index (χ1v) is 11.0. The minimum atomic E-state index is -0.312. The van der Waals surface area contributed by atoms with Crippen molar-refractivity contribution >= 4 is 0 Å². The fourth-order valence-corrected chi connectivity index (χ4v) is 4.54. The molecule has 2 atom stereocenters. The molecule has 168 valence electrons. The van der Waals surface area contributed by atoms with Crippen LogP contribution in [0.2, 0.25) is 0 Å². The second-order valence-corrected chi connectivity index (χ2v) is 8.26. The molecule has 0 radical (unpaired) electrons. The van der Waals surface area contributed by atoms with Gasteiger partial charge in [0.1, 0.15) is 6.61 Å². The molecule has 0 bridgehead atoms. The molecule has 1 aromatic carbocycles. The molecule has 3 aliphatic rings. The topological polar surface area (TPSA) is 66.9 Å². The highest BCUT2D eigenvalue weighted by molar-refractivity contribution is 5.43. The zero-order valence-electron chi connectivity index (χ0n) is 18.0. The van der Waals surface area contributed by atoms with Crippen LogP contribution < -0.4 is 9.47 Å². The highest BCUT2D eigenvalue weighted by atomic mass is 16.5. The predicted molar refractivity (Wildman–Crippen MR) is 113 cm³/mol. The summed E-state index contributed by atoms with van der Waals surface area (Å²) in [7, 11) is 1.68. The van der Waals surface area contributed by atoms with Crippen LogP contribution in [0, 0.1) is 0 Å². The molecule has 0 unspecified atom stereocenters. The van der Waals surface area contributed by atoms with Crippen LogP contribution in [-0.2, 0) is 16.0 Å². The number of nitrogens with zero attached hydrogens (tertiary/aromatic N) is 3. The van der Waals surface area contributed by atoms with E-state index >= 15 is 0 Å². The Morgan fingerprint density at radius 3 is 2.43 bits per heavy atom. The molecular formula is C22H35N3O5. The SMILES string of the molecule is COc1cc(CN2C[C@H](O)[C@@H](N3CCOCC3)C2)ccc1OCCN1CCOCC1. The average molecular weight is 422 g/mol. The number of rotatable bonds is 8. The molecule has 8 nitrogen and oxygen atoms in total. The highest BCUT2D eigenvalue weighted by Crippen LogP contribution is 2.29. The van der Waals surface area contributed by atoms with Gasteiger partial charge in [0, 0.05) is 58.4 Å². The Balaban J connectivity index is 1.29. The van der Waals surface area contributed by atoms with Gasteiger partial charge in [-0.2, -0.15) is 0 Å². The van der Waals surface area contributed by atoms with Crippen molar-refractivity contribution < 1.29 is 24.1 Å². The summed E-state index contributed by atoms with van der Waals surface area (Å²) in [6, 6.07) is 6.34. The fourth-order valence-electron chi connectivity index (χ4n) is 4.54. The quantitative estimate of drug-likeness (QED) is 0.642. The first-order chi connectivity index (χ1) is 14.7. The van der Waals surface area contributed by atoms with E-state index in [9.17, 15) is 5.11 Å². The average Bonchev–Trinajstić information content (AvgIpc) is 3.15. The highest BCUT2D eigenvalue weighted by Gasteiger charge is 2.36. The van der Waals surface area contributed by atoms with Gasteiger partial charge in [0.05, 0.1) is 39.6 Å². The van der Waals surface area contributed by atoms with E-state index in [1.807, 2.05) is 6.07 Å². The summed E-state index contributed by atoms with van der Waals surface area (Å²) in [5, 5.41) is 10.6. The number of ether oxygens (including phenoxy) is 4. The molecule has 8 heteroatoms. The second-order valence-electron chi connectivity index (χ2n) is 8.26. The van der Waals surface area contributed by atoms with Gasteiger partial charge < -0.3 is 24.1 Å². The van der Waals surface area contributed by atoms with Gasteiger partial charge in [0.25, 0.3) is 0 Å². The van der Waals surface area contributed by atoms with E-state index in [2.05, 4.69) is 26.8 Å². The van der Waals surface area contributed by atoms with Gasteiger partial charge in [-0.1, -0.05) is 6.07 Å². The molecule has 4 rings (SSSR count). The van der Waals surface area contributed by atoms with E-state index in [0.29, 0.717) is 13.2 Å². The number of hydrogen-bond donors (Lipinski definition) is 1. The van der Waals surface area contributed by atoms with Crippen LogP contribution in [0.1, 0.15) is 5.56 Å². The molecule has 3 fully saturated rings. The molecule has 1 aromatic rings. The Bertz CT molecular complexity index is 664. The third kappa shape index (κ3) is 5.63. The molecule has 3 saturated heterocycles. The minimum absolute atomic E-state index is 0.193. The van der Waals surface area contributed by atoms with Crippen molar-refractivity contribution in [2.75, 3.05) is 86.0 Å². The lowest BCUT2D eigenvalue weighted by Gasteiger charge is -2.33. The Morgan fingerprint density at radius 2 is 1.70 bits per heavy atom. The summed E-state index contributed by atoms with van der Waals surface area (Å²) < 4.78 is 22.4. The molecule has 3 heterocycles. The van der Waals surface area contributed by atoms with Crippen molar-refractivity contribution in [3.8, 4) is 11.5 Å². The zero-order chi connectivity index (χ0) is 20.8. The van der Waals surface area contributed by atoms with E-state index in [4.69, 9.17) is 18.9 Å². The first kappa shape index (κ1) is 21.8. The monoisotopic (exact) mass is 421 g/mol. The minimum Gasteiger partial charge on any atom is -0.493 e. The third-order valence-corrected chi connectivity index (χ3v) is 6.25. The summed E-state index contributed by atoms with van der Waals surface area (Å²) >= 11 is 0. The number of aliphatic hydroxyl groups excluding tert-OH is 1. The Labute approximate surface area is 179 Å². The van der Waals surface area contributed by atoms with Gasteiger partial charge in [-0.15, -0.1) is 0 Å². The standard InChI is InChI=1S/C22H35N3O5/c1-27-22-14-18(2-3-21(22)30-13-6-23-4-9-28-10-5-23)15-24-16-19(20(26)17-24)25-7-11-29-12-8-25/h2-3,14,19-20,26H,4-13,15-17H2,1H3/t19-,20-/m0/s1. The number of aliphatic hydroxyl groups is 1. The van der Waals surface area contributed by atoms with E-state index in [1.165, 1.54) is 5.56 Å². The maximum atomic E-state index is 10.6. The van der Waals surface area contributed by atoms with Crippen molar-refractivity contribution in [1.29, 1.82) is 0 Å². The molecule has 0 aromatic heterocycles. The number of methoxy groups -OCH3 is 1. The van der Waals surface area contributed by atoms with E-state index < -0.39 is 0 Å². The van der Waals surface area contributed by atoms with Crippen LogP contribution in [0.25, 0.3) is 0 Å².